The molecule has 6 nitrogen and oxygen atoms in total. The second-order valence-corrected chi connectivity index (χ2v) is 3.82. The van der Waals surface area contributed by atoms with Crippen LogP contribution < -0.4 is 4.74 Å². The van der Waals surface area contributed by atoms with E-state index in [1.807, 2.05) is 0 Å². The van der Waals surface area contributed by atoms with Crippen molar-refractivity contribution >= 4 is 29.2 Å². The van der Waals surface area contributed by atoms with Crippen LogP contribution in [0.25, 0.3) is 0 Å². The molecule has 0 unspecified atom stereocenters. The van der Waals surface area contributed by atoms with Crippen LogP contribution in [0.1, 0.15) is 10.5 Å². The lowest BCUT2D eigenvalue weighted by Gasteiger charge is -2.08. The molecule has 2 aromatic heterocycles. The van der Waals surface area contributed by atoms with Gasteiger partial charge in [-0.15, -0.1) is 10.2 Å². The third kappa shape index (κ3) is 2.66. The number of carboxylic acid groups (broad SMARTS) is 1. The first-order valence-electron chi connectivity index (χ1n) is 4.63. The quantitative estimate of drug-likeness (QED) is 0.933. The minimum absolute atomic E-state index is 0.0282. The van der Waals surface area contributed by atoms with Crippen LogP contribution in [0.15, 0.2) is 24.4 Å². The van der Waals surface area contributed by atoms with Gasteiger partial charge in [-0.3, -0.25) is 0 Å². The van der Waals surface area contributed by atoms with Crippen molar-refractivity contribution in [2.75, 3.05) is 0 Å². The maximum absolute atomic E-state index is 10.9. The number of halogens is 2. The molecule has 0 saturated heterocycles. The summed E-state index contributed by atoms with van der Waals surface area (Å²) in [6, 6.07) is 4.31. The zero-order valence-corrected chi connectivity index (χ0v) is 10.2. The van der Waals surface area contributed by atoms with Crippen molar-refractivity contribution in [3.63, 3.8) is 0 Å². The number of ether oxygens (including phenoxy) is 1. The van der Waals surface area contributed by atoms with Gasteiger partial charge in [0.25, 0.3) is 0 Å². The van der Waals surface area contributed by atoms with Crippen LogP contribution in [-0.2, 0) is 0 Å². The average molecular weight is 286 g/mol. The van der Waals surface area contributed by atoms with Crippen LogP contribution in [0.5, 0.6) is 11.5 Å². The number of rotatable bonds is 3. The molecule has 0 radical (unpaired) electrons. The van der Waals surface area contributed by atoms with Gasteiger partial charge in [-0.1, -0.05) is 23.2 Å². The maximum atomic E-state index is 10.9. The Bertz CT molecular complexity index is 607. The third-order valence-electron chi connectivity index (χ3n) is 1.88. The lowest BCUT2D eigenvalue weighted by molar-refractivity contribution is 0.0687. The predicted molar refractivity (Wildman–Crippen MR) is 63.3 cm³/mol. The highest BCUT2D eigenvalue weighted by molar-refractivity contribution is 6.32. The number of aromatic carboxylic acids is 1. The summed E-state index contributed by atoms with van der Waals surface area (Å²) < 4.78 is 5.32. The Morgan fingerprint density at radius 3 is 2.78 bits per heavy atom. The summed E-state index contributed by atoms with van der Waals surface area (Å²) in [7, 11) is 0. The second-order valence-electron chi connectivity index (χ2n) is 3.08. The van der Waals surface area contributed by atoms with Gasteiger partial charge in [-0.05, 0) is 12.1 Å². The summed E-state index contributed by atoms with van der Waals surface area (Å²) in [6.45, 7) is 0. The number of pyridine rings is 1. The Balaban J connectivity index is 2.40. The molecule has 0 amide bonds. The number of carbonyl (C=O) groups is 1. The normalized spacial score (nSPS) is 10.1. The number of hydrogen-bond acceptors (Lipinski definition) is 5. The predicted octanol–water partition coefficient (Wildman–Crippen LogP) is 2.67. The second kappa shape index (κ2) is 5.16. The van der Waals surface area contributed by atoms with Gasteiger partial charge >= 0.3 is 5.97 Å². The molecule has 0 fully saturated rings. The Hall–Kier alpha value is -1.92. The van der Waals surface area contributed by atoms with Crippen molar-refractivity contribution in [3.05, 3.63) is 40.4 Å². The zero-order valence-electron chi connectivity index (χ0n) is 8.67. The minimum atomic E-state index is -1.21. The molecular weight excluding hydrogens is 281 g/mol. The molecule has 0 bridgehead atoms. The summed E-state index contributed by atoms with van der Waals surface area (Å²) >= 11 is 11.4. The zero-order chi connectivity index (χ0) is 13.1. The monoisotopic (exact) mass is 285 g/mol. The van der Waals surface area contributed by atoms with Gasteiger partial charge in [0.05, 0.1) is 0 Å². The highest BCUT2D eigenvalue weighted by Gasteiger charge is 2.15. The lowest BCUT2D eigenvalue weighted by atomic mass is 10.3. The Morgan fingerprint density at radius 2 is 2.06 bits per heavy atom. The van der Waals surface area contributed by atoms with Gasteiger partial charge in [-0.25, -0.2) is 9.78 Å². The molecular formula is C10H5Cl2N3O3. The smallest absolute Gasteiger partial charge is 0.358 e. The van der Waals surface area contributed by atoms with E-state index in [0.29, 0.717) is 0 Å². The molecule has 0 saturated carbocycles. The fourth-order valence-corrected chi connectivity index (χ4v) is 1.43. The lowest BCUT2D eigenvalue weighted by Crippen LogP contribution is -2.03. The van der Waals surface area contributed by atoms with Gasteiger partial charge in [0, 0.05) is 12.3 Å². The molecule has 0 aromatic carbocycles. The summed E-state index contributed by atoms with van der Waals surface area (Å²) in [4.78, 5) is 14.6. The van der Waals surface area contributed by atoms with E-state index in [9.17, 15) is 4.79 Å². The van der Waals surface area contributed by atoms with Gasteiger partial charge in [-0.2, -0.15) is 0 Å². The molecule has 2 aromatic rings. The van der Waals surface area contributed by atoms with E-state index in [-0.39, 0.29) is 27.5 Å². The number of carboxylic acids is 1. The summed E-state index contributed by atoms with van der Waals surface area (Å²) in [5, 5.41) is 16.0. The fourth-order valence-electron chi connectivity index (χ4n) is 1.16. The average Bonchev–Trinajstić information content (AvgIpc) is 2.34. The van der Waals surface area contributed by atoms with Crippen LogP contribution >= 0.6 is 23.2 Å². The van der Waals surface area contributed by atoms with Gasteiger partial charge < -0.3 is 9.84 Å². The van der Waals surface area contributed by atoms with Crippen molar-refractivity contribution in [1.82, 2.24) is 15.2 Å². The molecule has 0 atom stereocenters. The molecule has 18 heavy (non-hydrogen) atoms. The van der Waals surface area contributed by atoms with E-state index in [1.54, 1.807) is 0 Å². The molecule has 2 heterocycles. The molecule has 0 aliphatic heterocycles. The standard InChI is InChI=1S/C10H5Cl2N3O3/c11-7-4-6(9(12)15-14-7)18-5-2-1-3-13-8(5)10(16)17/h1-4H,(H,16,17). The van der Waals surface area contributed by atoms with Gasteiger partial charge in [0.1, 0.15) is 0 Å². The van der Waals surface area contributed by atoms with E-state index >= 15 is 0 Å². The maximum Gasteiger partial charge on any atom is 0.358 e. The molecule has 92 valence electrons. The van der Waals surface area contributed by atoms with Crippen molar-refractivity contribution in [2.45, 2.75) is 0 Å². The third-order valence-corrected chi connectivity index (χ3v) is 2.33. The first kappa shape index (κ1) is 12.5. The van der Waals surface area contributed by atoms with Crippen molar-refractivity contribution in [3.8, 4) is 11.5 Å². The molecule has 8 heteroatoms. The number of hydrogen-bond donors (Lipinski definition) is 1. The van der Waals surface area contributed by atoms with Crippen LogP contribution in [0, 0.1) is 0 Å². The van der Waals surface area contributed by atoms with Crippen molar-refractivity contribution in [1.29, 1.82) is 0 Å². The van der Waals surface area contributed by atoms with E-state index in [2.05, 4.69) is 15.2 Å². The fraction of sp³-hybridized carbons (Fsp3) is 0. The van der Waals surface area contributed by atoms with E-state index < -0.39 is 5.97 Å². The van der Waals surface area contributed by atoms with E-state index in [1.165, 1.54) is 24.4 Å². The number of aromatic nitrogens is 3. The van der Waals surface area contributed by atoms with Crippen molar-refractivity contribution in [2.24, 2.45) is 0 Å². The van der Waals surface area contributed by atoms with E-state index in [0.717, 1.165) is 0 Å². The highest BCUT2D eigenvalue weighted by Crippen LogP contribution is 2.30. The topological polar surface area (TPSA) is 85.2 Å². The summed E-state index contributed by atoms with van der Waals surface area (Å²) in [5.74, 6) is -1.07. The summed E-state index contributed by atoms with van der Waals surface area (Å²) in [6.07, 6.45) is 1.34. The summed E-state index contributed by atoms with van der Waals surface area (Å²) in [5.41, 5.74) is -0.235. The molecule has 2 rings (SSSR count). The molecule has 1 N–H and O–H groups in total. The SMILES string of the molecule is O=C(O)c1ncccc1Oc1cc(Cl)nnc1Cl. The number of nitrogens with zero attached hydrogens (tertiary/aromatic N) is 3. The van der Waals surface area contributed by atoms with Crippen LogP contribution in [0.3, 0.4) is 0 Å². The van der Waals surface area contributed by atoms with Crippen molar-refractivity contribution < 1.29 is 14.6 Å². The molecule has 0 aliphatic rings. The van der Waals surface area contributed by atoms with Crippen LogP contribution in [-0.4, -0.2) is 26.3 Å². The van der Waals surface area contributed by atoms with Gasteiger partial charge in [0.2, 0.25) is 0 Å². The van der Waals surface area contributed by atoms with Crippen LogP contribution in [0.2, 0.25) is 10.3 Å². The van der Waals surface area contributed by atoms with E-state index in [4.69, 9.17) is 33.0 Å². The van der Waals surface area contributed by atoms with Gasteiger partial charge in [0.15, 0.2) is 27.5 Å². The Kier molecular flexibility index (Phi) is 3.59. The first-order valence-corrected chi connectivity index (χ1v) is 5.38. The first-order chi connectivity index (χ1) is 8.58. The highest BCUT2D eigenvalue weighted by atomic mass is 35.5. The Morgan fingerprint density at radius 1 is 1.28 bits per heavy atom. The molecule has 0 spiro atoms. The largest absolute Gasteiger partial charge is 0.476 e. The Labute approximate surface area is 111 Å². The molecule has 0 aliphatic carbocycles. The minimum Gasteiger partial charge on any atom is -0.476 e. The van der Waals surface area contributed by atoms with Crippen LogP contribution in [0.4, 0.5) is 0 Å².